The Kier molecular flexibility index (Phi) is 5.66. The fourth-order valence-corrected chi connectivity index (χ4v) is 2.80. The predicted molar refractivity (Wildman–Crippen MR) is 88.6 cm³/mol. The highest BCUT2D eigenvalue weighted by Gasteiger charge is 2.37. The van der Waals surface area contributed by atoms with Crippen LogP contribution in [0.3, 0.4) is 0 Å². The summed E-state index contributed by atoms with van der Waals surface area (Å²) in [6.07, 6.45) is 2.75. The van der Waals surface area contributed by atoms with Crippen LogP contribution < -0.4 is 9.47 Å². The molecule has 0 fully saturated rings. The minimum absolute atomic E-state index is 0.0429. The van der Waals surface area contributed by atoms with E-state index in [2.05, 4.69) is 6.92 Å². The second kappa shape index (κ2) is 7.51. The van der Waals surface area contributed by atoms with Gasteiger partial charge in [-0.1, -0.05) is 37.4 Å². The summed E-state index contributed by atoms with van der Waals surface area (Å²) < 4.78 is 10.4. The Morgan fingerprint density at radius 1 is 1.04 bits per heavy atom. The van der Waals surface area contributed by atoms with Gasteiger partial charge in [0, 0.05) is 6.54 Å². The third kappa shape index (κ3) is 3.34. The van der Waals surface area contributed by atoms with Crippen molar-refractivity contribution >= 4 is 29.0 Å². The van der Waals surface area contributed by atoms with E-state index >= 15 is 0 Å². The van der Waals surface area contributed by atoms with E-state index in [1.165, 1.54) is 19.1 Å². The zero-order chi connectivity index (χ0) is 17.0. The molecule has 0 spiro atoms. The normalized spacial score (nSPS) is 14.7. The van der Waals surface area contributed by atoms with Crippen molar-refractivity contribution in [3.05, 3.63) is 28.8 Å². The fourth-order valence-electron chi connectivity index (χ4n) is 2.51. The minimum atomic E-state index is -0.433. The van der Waals surface area contributed by atoms with Gasteiger partial charge >= 0.3 is 0 Å². The Morgan fingerprint density at radius 2 is 1.74 bits per heavy atom. The van der Waals surface area contributed by atoms with Gasteiger partial charge in [-0.05, 0) is 24.1 Å². The van der Waals surface area contributed by atoms with Crippen LogP contribution in [-0.4, -0.2) is 37.5 Å². The average Bonchev–Trinajstić information content (AvgIpc) is 2.77. The van der Waals surface area contributed by atoms with E-state index in [4.69, 9.17) is 21.1 Å². The Hall–Kier alpha value is -2.01. The Bertz CT molecular complexity index is 654. The molecule has 0 unspecified atom stereocenters. The summed E-state index contributed by atoms with van der Waals surface area (Å²) in [5.41, 5.74) is 0.762. The third-order valence-corrected chi connectivity index (χ3v) is 4.12. The summed E-state index contributed by atoms with van der Waals surface area (Å²) in [6.45, 7) is 2.45. The van der Waals surface area contributed by atoms with E-state index < -0.39 is 5.91 Å². The maximum Gasteiger partial charge on any atom is 0.273 e. The quantitative estimate of drug-likeness (QED) is 0.566. The molecule has 1 aromatic rings. The van der Waals surface area contributed by atoms with Crippen LogP contribution in [0.2, 0.25) is 0 Å². The minimum Gasteiger partial charge on any atom is -0.493 e. The first-order chi connectivity index (χ1) is 11.0. The molecule has 0 saturated carbocycles. The smallest absolute Gasteiger partial charge is 0.273 e. The van der Waals surface area contributed by atoms with E-state index in [-0.39, 0.29) is 16.5 Å². The van der Waals surface area contributed by atoms with E-state index in [1.54, 1.807) is 18.2 Å². The predicted octanol–water partition coefficient (Wildman–Crippen LogP) is 3.21. The molecule has 0 N–H and O–H groups in total. The van der Waals surface area contributed by atoms with E-state index in [0.717, 1.165) is 19.3 Å². The third-order valence-electron chi connectivity index (χ3n) is 3.77. The SMILES string of the molecule is CCCCCN1C(=O)C(Cl)=C(c2ccc(OC)c(OC)c2)C1=O. The van der Waals surface area contributed by atoms with Gasteiger partial charge in [-0.25, -0.2) is 0 Å². The second-order valence-corrected chi connectivity index (χ2v) is 5.61. The van der Waals surface area contributed by atoms with Crippen LogP contribution in [0, 0.1) is 0 Å². The van der Waals surface area contributed by atoms with Gasteiger partial charge in [0.2, 0.25) is 0 Å². The topological polar surface area (TPSA) is 55.8 Å². The number of hydrogen-bond acceptors (Lipinski definition) is 4. The molecule has 0 atom stereocenters. The van der Waals surface area contributed by atoms with E-state index in [1.807, 2.05) is 0 Å². The molecule has 0 saturated heterocycles. The number of imide groups is 1. The largest absolute Gasteiger partial charge is 0.493 e. The number of hydrogen-bond donors (Lipinski definition) is 0. The number of amides is 2. The molecule has 1 aromatic carbocycles. The van der Waals surface area contributed by atoms with Gasteiger partial charge in [-0.2, -0.15) is 0 Å². The lowest BCUT2D eigenvalue weighted by atomic mass is 10.1. The summed E-state index contributed by atoms with van der Waals surface area (Å²) in [5.74, 6) is 0.233. The van der Waals surface area contributed by atoms with Gasteiger partial charge in [0.1, 0.15) is 5.03 Å². The summed E-state index contributed by atoms with van der Waals surface area (Å²) >= 11 is 6.13. The molecule has 2 amide bonds. The number of halogens is 1. The van der Waals surface area contributed by atoms with Crippen molar-refractivity contribution < 1.29 is 19.1 Å². The molecule has 0 aromatic heterocycles. The molecule has 0 radical (unpaired) electrons. The van der Waals surface area contributed by atoms with Crippen molar-refractivity contribution in [1.29, 1.82) is 0 Å². The number of nitrogens with zero attached hydrogens (tertiary/aromatic N) is 1. The zero-order valence-corrected chi connectivity index (χ0v) is 14.3. The highest BCUT2D eigenvalue weighted by molar-refractivity contribution is 6.55. The first-order valence-corrected chi connectivity index (χ1v) is 7.91. The lowest BCUT2D eigenvalue weighted by Gasteiger charge is -2.14. The molecule has 1 aliphatic rings. The van der Waals surface area contributed by atoms with Crippen LogP contribution in [0.4, 0.5) is 0 Å². The van der Waals surface area contributed by atoms with Crippen molar-refractivity contribution in [2.75, 3.05) is 20.8 Å². The molecule has 1 heterocycles. The zero-order valence-electron chi connectivity index (χ0n) is 13.5. The second-order valence-electron chi connectivity index (χ2n) is 5.23. The molecule has 124 valence electrons. The van der Waals surface area contributed by atoms with Gasteiger partial charge in [0.05, 0.1) is 19.8 Å². The van der Waals surface area contributed by atoms with Crippen molar-refractivity contribution in [2.45, 2.75) is 26.2 Å². The first-order valence-electron chi connectivity index (χ1n) is 7.53. The van der Waals surface area contributed by atoms with Crippen LogP contribution in [0.1, 0.15) is 31.7 Å². The number of unbranched alkanes of at least 4 members (excludes halogenated alkanes) is 2. The molecule has 23 heavy (non-hydrogen) atoms. The average molecular weight is 338 g/mol. The lowest BCUT2D eigenvalue weighted by Crippen LogP contribution is -2.32. The molecule has 0 aliphatic carbocycles. The highest BCUT2D eigenvalue weighted by atomic mass is 35.5. The molecule has 5 nitrogen and oxygen atoms in total. The Balaban J connectivity index is 2.32. The number of benzene rings is 1. The van der Waals surface area contributed by atoms with Gasteiger partial charge in [0.25, 0.3) is 11.8 Å². The summed E-state index contributed by atoms with van der Waals surface area (Å²) in [6, 6.07) is 5.03. The Labute approximate surface area is 140 Å². The standard InChI is InChI=1S/C17H20ClNO4/c1-4-5-6-9-19-16(20)14(15(18)17(19)21)11-7-8-12(22-2)13(10-11)23-3/h7-8,10H,4-6,9H2,1-3H3. The van der Waals surface area contributed by atoms with Crippen molar-refractivity contribution in [3.8, 4) is 11.5 Å². The summed E-state index contributed by atoms with van der Waals surface area (Å²) in [5, 5.41) is -0.0429. The lowest BCUT2D eigenvalue weighted by molar-refractivity contribution is -0.136. The van der Waals surface area contributed by atoms with Crippen LogP contribution in [0.25, 0.3) is 5.57 Å². The number of carbonyl (C=O) groups excluding carboxylic acids is 2. The summed E-state index contributed by atoms with van der Waals surface area (Å²) in [4.78, 5) is 26.0. The molecular formula is C17H20ClNO4. The van der Waals surface area contributed by atoms with Crippen molar-refractivity contribution in [2.24, 2.45) is 0 Å². The van der Waals surface area contributed by atoms with Gasteiger partial charge < -0.3 is 9.47 Å². The van der Waals surface area contributed by atoms with Crippen LogP contribution in [0.5, 0.6) is 11.5 Å². The fraction of sp³-hybridized carbons (Fsp3) is 0.412. The monoisotopic (exact) mass is 337 g/mol. The Morgan fingerprint density at radius 3 is 2.35 bits per heavy atom. The van der Waals surface area contributed by atoms with E-state index in [9.17, 15) is 9.59 Å². The van der Waals surface area contributed by atoms with Crippen LogP contribution in [0.15, 0.2) is 23.2 Å². The maximum atomic E-state index is 12.6. The molecule has 6 heteroatoms. The van der Waals surface area contributed by atoms with Crippen molar-refractivity contribution in [3.63, 3.8) is 0 Å². The molecule has 1 aliphatic heterocycles. The van der Waals surface area contributed by atoms with Gasteiger partial charge in [-0.15, -0.1) is 0 Å². The molecule has 0 bridgehead atoms. The molecule has 2 rings (SSSR count). The maximum absolute atomic E-state index is 12.6. The van der Waals surface area contributed by atoms with E-state index in [0.29, 0.717) is 23.6 Å². The molecular weight excluding hydrogens is 318 g/mol. The number of methoxy groups -OCH3 is 2. The number of ether oxygens (including phenoxy) is 2. The summed E-state index contributed by atoms with van der Waals surface area (Å²) in [7, 11) is 3.04. The number of carbonyl (C=O) groups is 2. The van der Waals surface area contributed by atoms with Crippen LogP contribution in [-0.2, 0) is 9.59 Å². The van der Waals surface area contributed by atoms with Crippen molar-refractivity contribution in [1.82, 2.24) is 4.90 Å². The van der Waals surface area contributed by atoms with Crippen LogP contribution >= 0.6 is 11.6 Å². The number of rotatable bonds is 7. The van der Waals surface area contributed by atoms with Gasteiger partial charge in [-0.3, -0.25) is 14.5 Å². The van der Waals surface area contributed by atoms with Gasteiger partial charge in [0.15, 0.2) is 11.5 Å². The highest BCUT2D eigenvalue weighted by Crippen LogP contribution is 2.36. The first kappa shape index (κ1) is 17.3.